The smallest absolute Gasteiger partial charge is 0.314 e. The van der Waals surface area contributed by atoms with E-state index < -0.39 is 5.97 Å². The SMILES string of the molecule is CC(C)OC(=O)CC(=O)c1ccc2ccccc2n1. The van der Waals surface area contributed by atoms with Crippen LogP contribution in [0, 0.1) is 0 Å². The minimum atomic E-state index is -0.519. The first kappa shape index (κ1) is 13.2. The molecule has 1 aromatic heterocycles. The van der Waals surface area contributed by atoms with Crippen LogP contribution in [-0.4, -0.2) is 22.8 Å². The first-order valence-electron chi connectivity index (χ1n) is 6.15. The molecule has 0 radical (unpaired) electrons. The lowest BCUT2D eigenvalue weighted by molar-refractivity contribution is -0.146. The van der Waals surface area contributed by atoms with Crippen LogP contribution in [0.3, 0.4) is 0 Å². The van der Waals surface area contributed by atoms with Crippen LogP contribution >= 0.6 is 0 Å². The fourth-order valence-electron chi connectivity index (χ4n) is 1.75. The monoisotopic (exact) mass is 257 g/mol. The van der Waals surface area contributed by atoms with Crippen molar-refractivity contribution in [3.8, 4) is 0 Å². The number of hydrogen-bond donors (Lipinski definition) is 0. The molecule has 98 valence electrons. The summed E-state index contributed by atoms with van der Waals surface area (Å²) in [5, 5.41) is 0.962. The van der Waals surface area contributed by atoms with E-state index in [1.807, 2.05) is 30.3 Å². The Morgan fingerprint density at radius 1 is 1.16 bits per heavy atom. The number of hydrogen-bond acceptors (Lipinski definition) is 4. The van der Waals surface area contributed by atoms with Crippen LogP contribution in [0.5, 0.6) is 0 Å². The molecular weight excluding hydrogens is 242 g/mol. The van der Waals surface area contributed by atoms with Crippen LogP contribution < -0.4 is 0 Å². The van der Waals surface area contributed by atoms with E-state index in [2.05, 4.69) is 4.98 Å². The fourth-order valence-corrected chi connectivity index (χ4v) is 1.75. The van der Waals surface area contributed by atoms with Gasteiger partial charge in [0.25, 0.3) is 0 Å². The van der Waals surface area contributed by atoms with Gasteiger partial charge in [0.1, 0.15) is 12.1 Å². The van der Waals surface area contributed by atoms with Crippen LogP contribution in [0.2, 0.25) is 0 Å². The second kappa shape index (κ2) is 5.61. The van der Waals surface area contributed by atoms with Crippen molar-refractivity contribution in [2.24, 2.45) is 0 Å². The Morgan fingerprint density at radius 3 is 2.63 bits per heavy atom. The number of Topliss-reactive ketones (excluding diaryl/α,β-unsaturated/α-hetero) is 1. The Morgan fingerprint density at radius 2 is 1.89 bits per heavy atom. The van der Waals surface area contributed by atoms with Crippen molar-refractivity contribution < 1.29 is 14.3 Å². The number of pyridine rings is 1. The van der Waals surface area contributed by atoms with Crippen molar-refractivity contribution in [1.82, 2.24) is 4.98 Å². The summed E-state index contributed by atoms with van der Waals surface area (Å²) in [4.78, 5) is 27.6. The number of carbonyl (C=O) groups excluding carboxylic acids is 2. The lowest BCUT2D eigenvalue weighted by Crippen LogP contribution is -2.16. The summed E-state index contributed by atoms with van der Waals surface area (Å²) in [7, 11) is 0. The normalized spacial score (nSPS) is 10.7. The van der Waals surface area contributed by atoms with E-state index in [9.17, 15) is 9.59 Å². The van der Waals surface area contributed by atoms with Crippen LogP contribution in [-0.2, 0) is 9.53 Å². The summed E-state index contributed by atoms with van der Waals surface area (Å²) < 4.78 is 4.94. The number of ketones is 1. The van der Waals surface area contributed by atoms with E-state index in [0.29, 0.717) is 5.69 Å². The summed E-state index contributed by atoms with van der Waals surface area (Å²) in [6, 6.07) is 11.0. The molecule has 0 N–H and O–H groups in total. The third-order valence-electron chi connectivity index (χ3n) is 2.56. The van der Waals surface area contributed by atoms with Crippen molar-refractivity contribution in [3.63, 3.8) is 0 Å². The van der Waals surface area contributed by atoms with E-state index in [0.717, 1.165) is 10.9 Å². The minimum Gasteiger partial charge on any atom is -0.463 e. The number of rotatable bonds is 4. The van der Waals surface area contributed by atoms with Crippen LogP contribution in [0.15, 0.2) is 36.4 Å². The molecule has 4 heteroatoms. The van der Waals surface area contributed by atoms with Crippen molar-refractivity contribution >= 4 is 22.7 Å². The minimum absolute atomic E-state index is 0.218. The molecule has 2 aromatic rings. The zero-order valence-corrected chi connectivity index (χ0v) is 10.9. The molecule has 0 aliphatic rings. The maximum absolute atomic E-state index is 11.9. The van der Waals surface area contributed by atoms with Gasteiger partial charge in [0, 0.05) is 5.39 Å². The van der Waals surface area contributed by atoms with Gasteiger partial charge in [0.05, 0.1) is 11.6 Å². The highest BCUT2D eigenvalue weighted by molar-refractivity contribution is 6.05. The van der Waals surface area contributed by atoms with Crippen molar-refractivity contribution in [1.29, 1.82) is 0 Å². The molecule has 0 aliphatic heterocycles. The van der Waals surface area contributed by atoms with Crippen LogP contribution in [0.25, 0.3) is 10.9 Å². The van der Waals surface area contributed by atoms with Gasteiger partial charge in [0.15, 0.2) is 5.78 Å². The molecule has 0 spiro atoms. The molecule has 0 aliphatic carbocycles. The third kappa shape index (κ3) is 3.37. The van der Waals surface area contributed by atoms with E-state index in [4.69, 9.17) is 4.74 Å². The predicted molar refractivity (Wildman–Crippen MR) is 71.9 cm³/mol. The number of esters is 1. The van der Waals surface area contributed by atoms with Crippen molar-refractivity contribution in [2.75, 3.05) is 0 Å². The predicted octanol–water partition coefficient (Wildman–Crippen LogP) is 2.76. The summed E-state index contributed by atoms with van der Waals surface area (Å²) in [5.74, 6) is -0.841. The highest BCUT2D eigenvalue weighted by Gasteiger charge is 2.15. The highest BCUT2D eigenvalue weighted by Crippen LogP contribution is 2.13. The molecule has 0 fully saturated rings. The Labute approximate surface area is 111 Å². The number of nitrogens with zero attached hydrogens (tertiary/aromatic N) is 1. The van der Waals surface area contributed by atoms with Crippen LogP contribution in [0.1, 0.15) is 30.8 Å². The van der Waals surface area contributed by atoms with Gasteiger partial charge in [-0.05, 0) is 26.0 Å². The molecule has 0 amide bonds. The number of para-hydroxylation sites is 1. The summed E-state index contributed by atoms with van der Waals surface area (Å²) in [6.07, 6.45) is -0.492. The molecule has 19 heavy (non-hydrogen) atoms. The second-order valence-electron chi connectivity index (χ2n) is 4.53. The summed E-state index contributed by atoms with van der Waals surface area (Å²) in [6.45, 7) is 3.49. The lowest BCUT2D eigenvalue weighted by atomic mass is 10.1. The molecule has 0 saturated heterocycles. The molecule has 0 unspecified atom stereocenters. The van der Waals surface area contributed by atoms with Gasteiger partial charge in [-0.25, -0.2) is 4.98 Å². The molecule has 1 aromatic carbocycles. The first-order chi connectivity index (χ1) is 9.06. The quantitative estimate of drug-likeness (QED) is 0.480. The van der Waals surface area contributed by atoms with Gasteiger partial charge in [0.2, 0.25) is 0 Å². The molecule has 1 heterocycles. The Kier molecular flexibility index (Phi) is 3.90. The Bertz CT molecular complexity index is 620. The van der Waals surface area contributed by atoms with Gasteiger partial charge in [-0.2, -0.15) is 0 Å². The fraction of sp³-hybridized carbons (Fsp3) is 0.267. The number of fused-ring (bicyclic) bond motifs is 1. The molecule has 2 rings (SSSR count). The number of ether oxygens (including phenoxy) is 1. The Balaban J connectivity index is 2.15. The molecule has 0 saturated carbocycles. The van der Waals surface area contributed by atoms with Gasteiger partial charge < -0.3 is 4.74 Å². The summed E-state index contributed by atoms with van der Waals surface area (Å²) >= 11 is 0. The average molecular weight is 257 g/mol. The van der Waals surface area contributed by atoms with E-state index in [1.54, 1.807) is 19.9 Å². The zero-order valence-electron chi connectivity index (χ0n) is 10.9. The maximum atomic E-state index is 11.9. The Hall–Kier alpha value is -2.23. The maximum Gasteiger partial charge on any atom is 0.314 e. The molecule has 4 nitrogen and oxygen atoms in total. The third-order valence-corrected chi connectivity index (χ3v) is 2.56. The van der Waals surface area contributed by atoms with Crippen molar-refractivity contribution in [2.45, 2.75) is 26.4 Å². The molecule has 0 bridgehead atoms. The molecule has 0 atom stereocenters. The van der Waals surface area contributed by atoms with Crippen LogP contribution in [0.4, 0.5) is 0 Å². The van der Waals surface area contributed by atoms with E-state index >= 15 is 0 Å². The zero-order chi connectivity index (χ0) is 13.8. The largest absolute Gasteiger partial charge is 0.463 e. The molecular formula is C15H15NO3. The van der Waals surface area contributed by atoms with Gasteiger partial charge in [-0.3, -0.25) is 9.59 Å². The topological polar surface area (TPSA) is 56.3 Å². The second-order valence-corrected chi connectivity index (χ2v) is 4.53. The number of benzene rings is 1. The van der Waals surface area contributed by atoms with Gasteiger partial charge in [-0.15, -0.1) is 0 Å². The van der Waals surface area contributed by atoms with Crippen molar-refractivity contribution in [3.05, 3.63) is 42.1 Å². The standard InChI is InChI=1S/C15H15NO3/c1-10(2)19-15(18)9-14(17)13-8-7-11-5-3-4-6-12(11)16-13/h3-8,10H,9H2,1-2H3. The average Bonchev–Trinajstić information content (AvgIpc) is 2.37. The number of aromatic nitrogens is 1. The summed E-state index contributed by atoms with van der Waals surface area (Å²) in [5.41, 5.74) is 1.03. The highest BCUT2D eigenvalue weighted by atomic mass is 16.5. The van der Waals surface area contributed by atoms with E-state index in [-0.39, 0.29) is 18.3 Å². The van der Waals surface area contributed by atoms with E-state index in [1.165, 1.54) is 0 Å². The van der Waals surface area contributed by atoms with Gasteiger partial charge in [-0.1, -0.05) is 24.3 Å². The number of carbonyl (C=O) groups is 2. The first-order valence-corrected chi connectivity index (χ1v) is 6.15. The lowest BCUT2D eigenvalue weighted by Gasteiger charge is -2.07. The van der Waals surface area contributed by atoms with Gasteiger partial charge >= 0.3 is 5.97 Å².